The summed E-state index contributed by atoms with van der Waals surface area (Å²) in [6, 6.07) is 4.78. The van der Waals surface area contributed by atoms with Crippen molar-refractivity contribution < 1.29 is 5.11 Å². The molecule has 1 aromatic carbocycles. The smallest absolute Gasteiger partial charge is 0.0667 e. The van der Waals surface area contributed by atoms with E-state index in [9.17, 15) is 5.11 Å². The molecular weight excluding hydrogens is 234 g/mol. The molecule has 0 heterocycles. The van der Waals surface area contributed by atoms with Crippen molar-refractivity contribution in [1.82, 2.24) is 5.32 Å². The Morgan fingerprint density at radius 1 is 1.00 bits per heavy atom. The van der Waals surface area contributed by atoms with Gasteiger partial charge in [-0.15, -0.1) is 0 Å². The topological polar surface area (TPSA) is 32.3 Å². The molecule has 2 unspecified atom stereocenters. The number of hydrogen-bond donors (Lipinski definition) is 2. The van der Waals surface area contributed by atoms with E-state index in [0.29, 0.717) is 12.5 Å². The largest absolute Gasteiger partial charge is 0.392 e. The van der Waals surface area contributed by atoms with Crippen molar-refractivity contribution >= 4 is 0 Å². The first-order valence-corrected chi connectivity index (χ1v) is 7.30. The van der Waals surface area contributed by atoms with Crippen LogP contribution in [0.3, 0.4) is 0 Å². The second kappa shape index (κ2) is 7.06. The summed E-state index contributed by atoms with van der Waals surface area (Å²) in [7, 11) is 0. The first-order valence-electron chi connectivity index (χ1n) is 7.30. The van der Waals surface area contributed by atoms with Gasteiger partial charge in [-0.3, -0.25) is 0 Å². The molecule has 0 aliphatic heterocycles. The van der Waals surface area contributed by atoms with E-state index in [1.807, 2.05) is 0 Å². The van der Waals surface area contributed by atoms with Gasteiger partial charge < -0.3 is 10.4 Å². The fraction of sp³-hybridized carbons (Fsp3) is 0.647. The molecule has 1 aromatic rings. The highest BCUT2D eigenvalue weighted by molar-refractivity contribution is 5.37. The molecule has 108 valence electrons. The van der Waals surface area contributed by atoms with Crippen LogP contribution < -0.4 is 5.32 Å². The molecule has 0 aliphatic carbocycles. The van der Waals surface area contributed by atoms with E-state index < -0.39 is 0 Å². The van der Waals surface area contributed by atoms with Gasteiger partial charge in [0.1, 0.15) is 0 Å². The predicted molar refractivity (Wildman–Crippen MR) is 82.5 cm³/mol. The maximum atomic E-state index is 9.92. The molecule has 0 amide bonds. The normalized spacial score (nSPS) is 14.7. The Kier molecular flexibility index (Phi) is 6.02. The van der Waals surface area contributed by atoms with Gasteiger partial charge >= 0.3 is 0 Å². The zero-order chi connectivity index (χ0) is 14.6. The third kappa shape index (κ3) is 4.96. The second-order valence-corrected chi connectivity index (χ2v) is 6.21. The van der Waals surface area contributed by atoms with Gasteiger partial charge in [0.05, 0.1) is 6.10 Å². The zero-order valence-corrected chi connectivity index (χ0v) is 13.2. The molecule has 0 spiro atoms. The van der Waals surface area contributed by atoms with Gasteiger partial charge in [-0.1, -0.05) is 26.0 Å². The Morgan fingerprint density at radius 2 is 1.58 bits per heavy atom. The van der Waals surface area contributed by atoms with Gasteiger partial charge in [-0.2, -0.15) is 0 Å². The fourth-order valence-corrected chi connectivity index (χ4v) is 2.50. The van der Waals surface area contributed by atoms with Crippen LogP contribution in [-0.2, 0) is 0 Å². The highest BCUT2D eigenvalue weighted by Gasteiger charge is 2.12. The van der Waals surface area contributed by atoms with Crippen LogP contribution in [0.2, 0.25) is 0 Å². The summed E-state index contributed by atoms with van der Waals surface area (Å²) in [5.41, 5.74) is 5.33. The minimum Gasteiger partial charge on any atom is -0.392 e. The van der Waals surface area contributed by atoms with Gasteiger partial charge in [-0.05, 0) is 62.3 Å². The summed E-state index contributed by atoms with van der Waals surface area (Å²) in [5.74, 6) is 0.537. The number of nitrogens with one attached hydrogen (secondary N) is 1. The van der Waals surface area contributed by atoms with Crippen molar-refractivity contribution in [2.24, 2.45) is 5.92 Å². The van der Waals surface area contributed by atoms with Gasteiger partial charge in [0.2, 0.25) is 0 Å². The molecule has 2 N–H and O–H groups in total. The van der Waals surface area contributed by atoms with Gasteiger partial charge in [0.25, 0.3) is 0 Å². The van der Waals surface area contributed by atoms with E-state index in [1.54, 1.807) is 0 Å². The fourth-order valence-electron chi connectivity index (χ4n) is 2.50. The quantitative estimate of drug-likeness (QED) is 0.821. The highest BCUT2D eigenvalue weighted by Crippen LogP contribution is 2.21. The predicted octanol–water partition coefficient (Wildman–Crippen LogP) is 3.67. The third-order valence-electron chi connectivity index (χ3n) is 3.75. The van der Waals surface area contributed by atoms with E-state index in [2.05, 4.69) is 59.0 Å². The van der Waals surface area contributed by atoms with Gasteiger partial charge in [0, 0.05) is 12.6 Å². The Morgan fingerprint density at radius 3 is 2.16 bits per heavy atom. The Bertz CT molecular complexity index is 412. The summed E-state index contributed by atoms with van der Waals surface area (Å²) in [4.78, 5) is 0. The van der Waals surface area contributed by atoms with Crippen molar-refractivity contribution in [2.75, 3.05) is 6.54 Å². The molecule has 2 nitrogen and oxygen atoms in total. The highest BCUT2D eigenvalue weighted by atomic mass is 16.3. The van der Waals surface area contributed by atoms with Crippen molar-refractivity contribution in [3.63, 3.8) is 0 Å². The molecule has 2 atom stereocenters. The van der Waals surface area contributed by atoms with Crippen LogP contribution in [0, 0.1) is 26.7 Å². The number of aliphatic hydroxyl groups excluding tert-OH is 1. The first-order chi connectivity index (χ1) is 8.81. The minimum absolute atomic E-state index is 0.255. The van der Waals surface area contributed by atoms with E-state index in [4.69, 9.17) is 0 Å². The number of rotatable bonds is 6. The third-order valence-corrected chi connectivity index (χ3v) is 3.75. The van der Waals surface area contributed by atoms with Crippen LogP contribution in [0.1, 0.15) is 55.5 Å². The molecule has 0 saturated carbocycles. The van der Waals surface area contributed by atoms with E-state index >= 15 is 0 Å². The standard InChI is InChI=1S/C17H29NO/c1-11(2)7-16(19)10-18-15(6)17-9-13(4)12(3)8-14(17)5/h8-9,11,15-16,18-19H,7,10H2,1-6H3. The summed E-state index contributed by atoms with van der Waals surface area (Å²) in [6.45, 7) is 13.6. The number of hydrogen-bond acceptors (Lipinski definition) is 2. The Hall–Kier alpha value is -0.860. The average molecular weight is 263 g/mol. The number of benzene rings is 1. The molecule has 2 heteroatoms. The average Bonchev–Trinajstić information content (AvgIpc) is 2.30. The first kappa shape index (κ1) is 16.2. The molecule has 19 heavy (non-hydrogen) atoms. The maximum Gasteiger partial charge on any atom is 0.0667 e. The minimum atomic E-state index is -0.255. The molecule has 0 radical (unpaired) electrons. The monoisotopic (exact) mass is 263 g/mol. The van der Waals surface area contributed by atoms with Crippen LogP contribution in [0.25, 0.3) is 0 Å². The van der Waals surface area contributed by atoms with Crippen LogP contribution in [0.15, 0.2) is 12.1 Å². The summed E-state index contributed by atoms with van der Waals surface area (Å²) in [5, 5.41) is 13.4. The van der Waals surface area contributed by atoms with Crippen LogP contribution in [-0.4, -0.2) is 17.8 Å². The van der Waals surface area contributed by atoms with Crippen LogP contribution >= 0.6 is 0 Å². The van der Waals surface area contributed by atoms with Crippen molar-refractivity contribution in [3.8, 4) is 0 Å². The lowest BCUT2D eigenvalue weighted by Crippen LogP contribution is -2.30. The Labute approximate surface area is 118 Å². The lowest BCUT2D eigenvalue weighted by atomic mass is 9.96. The SMILES string of the molecule is Cc1cc(C)c(C(C)NCC(O)CC(C)C)cc1C. The maximum absolute atomic E-state index is 9.92. The summed E-state index contributed by atoms with van der Waals surface area (Å²) >= 11 is 0. The lowest BCUT2D eigenvalue weighted by Gasteiger charge is -2.21. The molecule has 0 aromatic heterocycles. The van der Waals surface area contributed by atoms with Crippen molar-refractivity contribution in [3.05, 3.63) is 34.4 Å². The summed E-state index contributed by atoms with van der Waals surface area (Å²) in [6.07, 6.45) is 0.598. The van der Waals surface area contributed by atoms with Gasteiger partial charge in [0.15, 0.2) is 0 Å². The molecular formula is C17H29NO. The van der Waals surface area contributed by atoms with E-state index in [1.165, 1.54) is 22.3 Å². The molecule has 0 aliphatic rings. The molecule has 0 saturated heterocycles. The van der Waals surface area contributed by atoms with Gasteiger partial charge in [-0.25, -0.2) is 0 Å². The number of aryl methyl sites for hydroxylation is 3. The van der Waals surface area contributed by atoms with Crippen LogP contribution in [0.5, 0.6) is 0 Å². The number of aliphatic hydroxyl groups is 1. The summed E-state index contributed by atoms with van der Waals surface area (Å²) < 4.78 is 0. The van der Waals surface area contributed by atoms with Crippen molar-refractivity contribution in [1.29, 1.82) is 0 Å². The zero-order valence-electron chi connectivity index (χ0n) is 13.2. The second-order valence-electron chi connectivity index (χ2n) is 6.21. The Balaban J connectivity index is 2.63. The molecule has 0 bridgehead atoms. The van der Waals surface area contributed by atoms with E-state index in [0.717, 1.165) is 6.42 Å². The molecule has 1 rings (SSSR count). The lowest BCUT2D eigenvalue weighted by molar-refractivity contribution is 0.143. The van der Waals surface area contributed by atoms with E-state index in [-0.39, 0.29) is 12.1 Å². The van der Waals surface area contributed by atoms with Crippen LogP contribution in [0.4, 0.5) is 0 Å². The van der Waals surface area contributed by atoms with Crippen molar-refractivity contribution in [2.45, 2.75) is 60.1 Å². The molecule has 0 fully saturated rings.